The number of rotatable bonds is 3. The number of hydrogen-bond acceptors (Lipinski definition) is 3. The Morgan fingerprint density at radius 2 is 2.23 bits per heavy atom. The number of halogens is 1. The molecule has 1 aromatic carbocycles. The Balaban J connectivity index is 2.88. The minimum Gasteiger partial charge on any atom is -0.398 e. The highest BCUT2D eigenvalue weighted by molar-refractivity contribution is 9.10. The number of thioether (sulfide) groups is 1. The van der Waals surface area contributed by atoms with Gasteiger partial charge in [-0.3, -0.25) is 0 Å². The fourth-order valence-electron chi connectivity index (χ4n) is 0.937. The van der Waals surface area contributed by atoms with Crippen LogP contribution in [-0.2, 0) is 0 Å². The van der Waals surface area contributed by atoms with Crippen LogP contribution in [0.25, 0.3) is 0 Å². The molecule has 0 aliphatic heterocycles. The largest absolute Gasteiger partial charge is 0.398 e. The monoisotopic (exact) mass is 261 g/mol. The first-order valence-electron chi connectivity index (χ1n) is 3.94. The van der Waals surface area contributed by atoms with E-state index >= 15 is 0 Å². The Hall–Kier alpha value is -0.190. The molecule has 0 aromatic heterocycles. The van der Waals surface area contributed by atoms with Gasteiger partial charge >= 0.3 is 0 Å². The van der Waals surface area contributed by atoms with Crippen LogP contribution in [-0.4, -0.2) is 17.5 Å². The van der Waals surface area contributed by atoms with Crippen LogP contribution >= 0.6 is 27.7 Å². The molecule has 0 amide bonds. The molecule has 4 heteroatoms. The number of aryl methyl sites for hydroxylation is 1. The van der Waals surface area contributed by atoms with Crippen molar-refractivity contribution in [1.29, 1.82) is 0 Å². The lowest BCUT2D eigenvalue weighted by Gasteiger charge is -2.06. The van der Waals surface area contributed by atoms with E-state index in [1.807, 2.05) is 19.1 Å². The summed E-state index contributed by atoms with van der Waals surface area (Å²) in [7, 11) is 0. The zero-order valence-corrected chi connectivity index (χ0v) is 9.78. The molecule has 3 N–H and O–H groups in total. The van der Waals surface area contributed by atoms with Crippen LogP contribution in [0.2, 0.25) is 0 Å². The molecule has 0 atom stereocenters. The predicted octanol–water partition coefficient (Wildman–Crippen LogP) is 2.42. The fraction of sp³-hybridized carbons (Fsp3) is 0.333. The Labute approximate surface area is 90.7 Å². The predicted molar refractivity (Wildman–Crippen MR) is 61.1 cm³/mol. The van der Waals surface area contributed by atoms with E-state index in [4.69, 9.17) is 10.8 Å². The number of aliphatic hydroxyl groups is 1. The van der Waals surface area contributed by atoms with Crippen molar-refractivity contribution in [2.75, 3.05) is 18.1 Å². The second-order valence-electron chi connectivity index (χ2n) is 2.71. The van der Waals surface area contributed by atoms with Gasteiger partial charge in [0.05, 0.1) is 6.61 Å². The van der Waals surface area contributed by atoms with Crippen LogP contribution in [0.4, 0.5) is 5.69 Å². The average Bonchev–Trinajstić information content (AvgIpc) is 2.09. The van der Waals surface area contributed by atoms with Gasteiger partial charge in [-0.05, 0) is 40.5 Å². The van der Waals surface area contributed by atoms with Crippen molar-refractivity contribution in [2.45, 2.75) is 11.8 Å². The smallest absolute Gasteiger partial charge is 0.0525 e. The van der Waals surface area contributed by atoms with Gasteiger partial charge in [0.15, 0.2) is 0 Å². The van der Waals surface area contributed by atoms with E-state index in [2.05, 4.69) is 15.9 Å². The van der Waals surface area contributed by atoms with Crippen LogP contribution in [0.15, 0.2) is 21.5 Å². The SMILES string of the molecule is Cc1cc(SCCO)c(Br)cc1N. The van der Waals surface area contributed by atoms with Crippen molar-refractivity contribution in [1.82, 2.24) is 0 Å². The number of nitrogen functional groups attached to an aromatic ring is 1. The summed E-state index contributed by atoms with van der Waals surface area (Å²) in [5.74, 6) is 0.710. The molecule has 0 heterocycles. The summed E-state index contributed by atoms with van der Waals surface area (Å²) in [6.45, 7) is 2.17. The highest BCUT2D eigenvalue weighted by Crippen LogP contribution is 2.31. The van der Waals surface area contributed by atoms with E-state index in [0.29, 0.717) is 5.75 Å². The summed E-state index contributed by atoms with van der Waals surface area (Å²) in [6, 6.07) is 3.93. The molecule has 0 radical (unpaired) electrons. The van der Waals surface area contributed by atoms with Gasteiger partial charge in [0.25, 0.3) is 0 Å². The molecule has 0 aliphatic carbocycles. The summed E-state index contributed by atoms with van der Waals surface area (Å²) in [6.07, 6.45) is 0. The highest BCUT2D eigenvalue weighted by atomic mass is 79.9. The number of nitrogens with two attached hydrogens (primary N) is 1. The normalized spacial score (nSPS) is 10.4. The quantitative estimate of drug-likeness (QED) is 0.649. The van der Waals surface area contributed by atoms with Crippen LogP contribution in [0.1, 0.15) is 5.56 Å². The van der Waals surface area contributed by atoms with Crippen LogP contribution < -0.4 is 5.73 Å². The molecule has 0 saturated heterocycles. The summed E-state index contributed by atoms with van der Waals surface area (Å²) in [5, 5.41) is 8.68. The van der Waals surface area contributed by atoms with E-state index in [1.165, 1.54) is 0 Å². The van der Waals surface area contributed by atoms with Gasteiger partial charge in [-0.2, -0.15) is 0 Å². The fourth-order valence-corrected chi connectivity index (χ4v) is 2.41. The maximum Gasteiger partial charge on any atom is 0.0525 e. The summed E-state index contributed by atoms with van der Waals surface area (Å²) in [5.41, 5.74) is 7.59. The molecule has 0 aliphatic rings. The standard InChI is InChI=1S/C9H12BrNOS/c1-6-4-9(13-3-2-12)7(10)5-8(6)11/h4-5,12H,2-3,11H2,1H3. The minimum absolute atomic E-state index is 0.195. The van der Waals surface area contributed by atoms with E-state index in [-0.39, 0.29) is 6.61 Å². The molecule has 1 rings (SSSR count). The second-order valence-corrected chi connectivity index (χ2v) is 4.70. The lowest BCUT2D eigenvalue weighted by molar-refractivity contribution is 0.322. The minimum atomic E-state index is 0.195. The van der Waals surface area contributed by atoms with Crippen LogP contribution in [0.5, 0.6) is 0 Å². The van der Waals surface area contributed by atoms with E-state index < -0.39 is 0 Å². The zero-order valence-electron chi connectivity index (χ0n) is 7.38. The third-order valence-corrected chi connectivity index (χ3v) is 3.62. The average molecular weight is 262 g/mol. The van der Waals surface area contributed by atoms with Crippen molar-refractivity contribution in [3.8, 4) is 0 Å². The third kappa shape index (κ3) is 2.90. The summed E-state index contributed by atoms with van der Waals surface area (Å²) in [4.78, 5) is 1.13. The van der Waals surface area contributed by atoms with Gasteiger partial charge < -0.3 is 10.8 Å². The molecule has 0 saturated carbocycles. The van der Waals surface area contributed by atoms with Gasteiger partial charge in [-0.25, -0.2) is 0 Å². The van der Waals surface area contributed by atoms with Gasteiger partial charge in [-0.15, -0.1) is 11.8 Å². The van der Waals surface area contributed by atoms with E-state index in [1.54, 1.807) is 11.8 Å². The summed E-state index contributed by atoms with van der Waals surface area (Å²) >= 11 is 5.05. The Morgan fingerprint density at radius 3 is 2.85 bits per heavy atom. The second kappa shape index (κ2) is 4.88. The Kier molecular flexibility index (Phi) is 4.09. The molecule has 2 nitrogen and oxygen atoms in total. The van der Waals surface area contributed by atoms with Crippen LogP contribution in [0, 0.1) is 6.92 Å². The van der Waals surface area contributed by atoms with Gasteiger partial charge in [-0.1, -0.05) is 0 Å². The molecular weight excluding hydrogens is 250 g/mol. The van der Waals surface area contributed by atoms with Crippen molar-refractivity contribution in [3.63, 3.8) is 0 Å². The maximum absolute atomic E-state index is 8.68. The number of hydrogen-bond donors (Lipinski definition) is 2. The Morgan fingerprint density at radius 1 is 1.54 bits per heavy atom. The lowest BCUT2D eigenvalue weighted by atomic mass is 10.2. The number of benzene rings is 1. The zero-order chi connectivity index (χ0) is 9.84. The topological polar surface area (TPSA) is 46.2 Å². The molecular formula is C9H12BrNOS. The Bertz CT molecular complexity index is 304. The molecule has 0 fully saturated rings. The van der Waals surface area contributed by atoms with Crippen molar-refractivity contribution in [2.24, 2.45) is 0 Å². The molecule has 72 valence electrons. The lowest BCUT2D eigenvalue weighted by Crippen LogP contribution is -1.92. The van der Waals surface area contributed by atoms with Crippen molar-refractivity contribution < 1.29 is 5.11 Å². The summed E-state index contributed by atoms with van der Waals surface area (Å²) < 4.78 is 0.994. The highest BCUT2D eigenvalue weighted by Gasteiger charge is 2.03. The molecule has 0 unspecified atom stereocenters. The molecule has 0 spiro atoms. The maximum atomic E-state index is 8.68. The number of aliphatic hydroxyl groups excluding tert-OH is 1. The van der Waals surface area contributed by atoms with Gasteiger partial charge in [0, 0.05) is 20.8 Å². The van der Waals surface area contributed by atoms with Crippen molar-refractivity contribution in [3.05, 3.63) is 22.2 Å². The van der Waals surface area contributed by atoms with E-state index in [0.717, 1.165) is 20.6 Å². The number of anilines is 1. The first kappa shape index (κ1) is 10.9. The molecule has 1 aromatic rings. The molecule has 13 heavy (non-hydrogen) atoms. The van der Waals surface area contributed by atoms with Crippen LogP contribution in [0.3, 0.4) is 0 Å². The van der Waals surface area contributed by atoms with E-state index in [9.17, 15) is 0 Å². The van der Waals surface area contributed by atoms with Gasteiger partial charge in [0.1, 0.15) is 0 Å². The van der Waals surface area contributed by atoms with Crippen molar-refractivity contribution >= 4 is 33.4 Å². The first-order chi connectivity index (χ1) is 6.15. The van der Waals surface area contributed by atoms with Gasteiger partial charge in [0.2, 0.25) is 0 Å². The molecule has 0 bridgehead atoms. The third-order valence-electron chi connectivity index (χ3n) is 1.67. The first-order valence-corrected chi connectivity index (χ1v) is 5.72.